The van der Waals surface area contributed by atoms with Crippen LogP contribution in [-0.2, 0) is 4.79 Å². The van der Waals surface area contributed by atoms with Gasteiger partial charge in [0.15, 0.2) is 0 Å². The van der Waals surface area contributed by atoms with Crippen LogP contribution in [0.2, 0.25) is 0 Å². The fourth-order valence-electron chi connectivity index (χ4n) is 1.53. The number of amides is 1. The van der Waals surface area contributed by atoms with Crippen LogP contribution in [0.25, 0.3) is 0 Å². The maximum atomic E-state index is 10.3. The van der Waals surface area contributed by atoms with Gasteiger partial charge in [-0.3, -0.25) is 4.79 Å². The van der Waals surface area contributed by atoms with E-state index in [9.17, 15) is 4.79 Å². The fraction of sp³-hybridized carbons (Fsp3) is 0.500. The monoisotopic (exact) mass is 180 g/mol. The van der Waals surface area contributed by atoms with Crippen LogP contribution in [0.3, 0.4) is 0 Å². The number of carbonyl (C=O) groups excluding carboxylic acids is 1. The molecule has 1 amide bonds. The Morgan fingerprint density at radius 1 is 1.31 bits per heavy atom. The molecule has 0 unspecified atom stereocenters. The summed E-state index contributed by atoms with van der Waals surface area (Å²) >= 11 is 0. The third kappa shape index (κ3) is 4.35. The highest BCUT2D eigenvalue weighted by Crippen LogP contribution is 2.25. The zero-order chi connectivity index (χ0) is 9.52. The number of nitrogens with one attached hydrogen (secondary N) is 1. The van der Waals surface area contributed by atoms with E-state index < -0.39 is 5.91 Å². The molecule has 0 atom stereocenters. The van der Waals surface area contributed by atoms with Gasteiger partial charge in [-0.25, -0.2) is 0 Å². The van der Waals surface area contributed by atoms with Crippen molar-refractivity contribution >= 4 is 5.91 Å². The van der Waals surface area contributed by atoms with Gasteiger partial charge >= 0.3 is 0 Å². The molecule has 3 heteroatoms. The SMILES string of the molecule is NC(=O)C=CNC=CC1CCCC1. The van der Waals surface area contributed by atoms with E-state index >= 15 is 0 Å². The van der Waals surface area contributed by atoms with Crippen LogP contribution >= 0.6 is 0 Å². The van der Waals surface area contributed by atoms with Crippen LogP contribution in [0.1, 0.15) is 25.7 Å². The van der Waals surface area contributed by atoms with Crippen LogP contribution in [0.4, 0.5) is 0 Å². The predicted molar refractivity (Wildman–Crippen MR) is 52.6 cm³/mol. The molecule has 0 aromatic carbocycles. The van der Waals surface area contributed by atoms with Gasteiger partial charge in [0.2, 0.25) is 5.91 Å². The lowest BCUT2D eigenvalue weighted by Crippen LogP contribution is -2.07. The molecule has 1 aliphatic carbocycles. The van der Waals surface area contributed by atoms with E-state index in [1.165, 1.54) is 31.8 Å². The van der Waals surface area contributed by atoms with Crippen LogP contribution in [-0.4, -0.2) is 5.91 Å². The summed E-state index contributed by atoms with van der Waals surface area (Å²) in [5.74, 6) is 0.288. The molecule has 13 heavy (non-hydrogen) atoms. The van der Waals surface area contributed by atoms with Crippen LogP contribution in [0.5, 0.6) is 0 Å². The number of rotatable bonds is 4. The van der Waals surface area contributed by atoms with Crippen molar-refractivity contribution in [2.24, 2.45) is 11.7 Å². The lowest BCUT2D eigenvalue weighted by molar-refractivity contribution is -0.113. The summed E-state index contributed by atoms with van der Waals surface area (Å²) in [6.07, 6.45) is 12.1. The van der Waals surface area contributed by atoms with Crippen molar-refractivity contribution < 1.29 is 4.79 Å². The van der Waals surface area contributed by atoms with Gasteiger partial charge in [-0.15, -0.1) is 0 Å². The molecule has 0 aliphatic heterocycles. The van der Waals surface area contributed by atoms with Gasteiger partial charge in [0.25, 0.3) is 0 Å². The minimum absolute atomic E-state index is 0.429. The van der Waals surface area contributed by atoms with E-state index in [1.807, 2.05) is 6.20 Å². The highest BCUT2D eigenvalue weighted by Gasteiger charge is 2.10. The highest BCUT2D eigenvalue weighted by atomic mass is 16.1. The fourth-order valence-corrected chi connectivity index (χ4v) is 1.53. The smallest absolute Gasteiger partial charge is 0.242 e. The Balaban J connectivity index is 2.13. The number of hydrogen-bond donors (Lipinski definition) is 2. The molecule has 1 rings (SSSR count). The van der Waals surface area contributed by atoms with Crippen molar-refractivity contribution in [3.05, 3.63) is 24.6 Å². The number of allylic oxidation sites excluding steroid dienone is 1. The van der Waals surface area contributed by atoms with E-state index in [-0.39, 0.29) is 0 Å². The summed E-state index contributed by atoms with van der Waals surface area (Å²) in [5, 5.41) is 2.88. The van der Waals surface area contributed by atoms with Crippen LogP contribution in [0, 0.1) is 5.92 Å². The standard InChI is InChI=1S/C10H16N2O/c11-10(13)6-8-12-7-5-9-3-1-2-4-9/h5-9,12H,1-4H2,(H2,11,13). The third-order valence-corrected chi connectivity index (χ3v) is 2.21. The maximum absolute atomic E-state index is 10.3. The van der Waals surface area contributed by atoms with Crippen LogP contribution in [0.15, 0.2) is 24.6 Å². The molecule has 3 N–H and O–H groups in total. The topological polar surface area (TPSA) is 55.1 Å². The first kappa shape index (κ1) is 9.84. The highest BCUT2D eigenvalue weighted by molar-refractivity contribution is 5.85. The minimum Gasteiger partial charge on any atom is -0.368 e. The maximum Gasteiger partial charge on any atom is 0.242 e. The first-order chi connectivity index (χ1) is 6.29. The minimum atomic E-state index is -0.429. The first-order valence-electron chi connectivity index (χ1n) is 4.68. The Kier molecular flexibility index (Phi) is 4.09. The van der Waals surface area contributed by atoms with Crippen LogP contribution < -0.4 is 11.1 Å². The largest absolute Gasteiger partial charge is 0.368 e. The quantitative estimate of drug-likeness (QED) is 0.640. The van der Waals surface area contributed by atoms with Crippen molar-refractivity contribution in [1.82, 2.24) is 5.32 Å². The van der Waals surface area contributed by atoms with Gasteiger partial charge in [-0.1, -0.05) is 18.9 Å². The molecular formula is C10H16N2O. The molecule has 1 fully saturated rings. The zero-order valence-electron chi connectivity index (χ0n) is 7.70. The van der Waals surface area contributed by atoms with Crippen molar-refractivity contribution in [2.75, 3.05) is 0 Å². The molecule has 0 heterocycles. The Morgan fingerprint density at radius 2 is 2.00 bits per heavy atom. The third-order valence-electron chi connectivity index (χ3n) is 2.21. The van der Waals surface area contributed by atoms with Crippen molar-refractivity contribution in [3.8, 4) is 0 Å². The summed E-state index contributed by atoms with van der Waals surface area (Å²) in [6, 6.07) is 0. The molecule has 3 nitrogen and oxygen atoms in total. The van der Waals surface area contributed by atoms with Gasteiger partial charge in [0.1, 0.15) is 0 Å². The Hall–Kier alpha value is -1.25. The summed E-state index contributed by atoms with van der Waals surface area (Å²) in [6.45, 7) is 0. The molecular weight excluding hydrogens is 164 g/mol. The molecule has 0 radical (unpaired) electrons. The van der Waals surface area contributed by atoms with Gasteiger partial charge < -0.3 is 11.1 Å². The number of hydrogen-bond acceptors (Lipinski definition) is 2. The first-order valence-corrected chi connectivity index (χ1v) is 4.68. The second-order valence-corrected chi connectivity index (χ2v) is 3.31. The molecule has 0 bridgehead atoms. The van der Waals surface area contributed by atoms with Gasteiger partial charge in [0.05, 0.1) is 0 Å². The summed E-state index contributed by atoms with van der Waals surface area (Å²) in [5.41, 5.74) is 4.91. The van der Waals surface area contributed by atoms with Crippen molar-refractivity contribution in [3.63, 3.8) is 0 Å². The molecule has 1 saturated carbocycles. The van der Waals surface area contributed by atoms with E-state index in [2.05, 4.69) is 11.4 Å². The second-order valence-electron chi connectivity index (χ2n) is 3.31. The summed E-state index contributed by atoms with van der Waals surface area (Å²) in [7, 11) is 0. The average Bonchev–Trinajstić information content (AvgIpc) is 2.55. The van der Waals surface area contributed by atoms with E-state index in [4.69, 9.17) is 5.73 Å². The van der Waals surface area contributed by atoms with E-state index in [1.54, 1.807) is 6.20 Å². The predicted octanol–water partition coefficient (Wildman–Crippen LogP) is 1.28. The van der Waals surface area contributed by atoms with Crippen molar-refractivity contribution in [1.29, 1.82) is 0 Å². The normalized spacial score (nSPS) is 18.8. The molecule has 0 spiro atoms. The lowest BCUT2D eigenvalue weighted by atomic mass is 10.1. The second kappa shape index (κ2) is 5.41. The zero-order valence-corrected chi connectivity index (χ0v) is 7.70. The summed E-state index contributed by atoms with van der Waals surface area (Å²) < 4.78 is 0. The lowest BCUT2D eigenvalue weighted by Gasteiger charge is -1.98. The Bertz CT molecular complexity index is 215. The molecule has 0 aromatic heterocycles. The average molecular weight is 180 g/mol. The van der Waals surface area contributed by atoms with E-state index in [0.717, 1.165) is 5.92 Å². The number of carbonyl (C=O) groups is 1. The van der Waals surface area contributed by atoms with Gasteiger partial charge in [0, 0.05) is 12.3 Å². The number of nitrogens with two attached hydrogens (primary N) is 1. The van der Waals surface area contributed by atoms with Crippen molar-refractivity contribution in [2.45, 2.75) is 25.7 Å². The Labute approximate surface area is 78.7 Å². The molecule has 0 aromatic rings. The molecule has 0 saturated heterocycles. The molecule has 1 aliphatic rings. The van der Waals surface area contributed by atoms with Gasteiger partial charge in [-0.2, -0.15) is 0 Å². The molecule has 72 valence electrons. The van der Waals surface area contributed by atoms with E-state index in [0.29, 0.717) is 0 Å². The number of primary amides is 1. The Morgan fingerprint density at radius 3 is 2.62 bits per heavy atom. The van der Waals surface area contributed by atoms with Gasteiger partial charge in [-0.05, 0) is 25.0 Å². The summed E-state index contributed by atoms with van der Waals surface area (Å²) in [4.78, 5) is 10.3.